The first-order valence-electron chi connectivity index (χ1n) is 10.1. The Labute approximate surface area is 160 Å². The predicted octanol–water partition coefficient (Wildman–Crippen LogP) is 5.92. The highest BCUT2D eigenvalue weighted by molar-refractivity contribution is 7.20. The molecule has 26 heavy (non-hydrogen) atoms. The van der Waals surface area contributed by atoms with E-state index in [1.54, 1.807) is 5.57 Å². The Morgan fingerprint density at radius 2 is 2.04 bits per heavy atom. The summed E-state index contributed by atoms with van der Waals surface area (Å²) < 4.78 is 1.42. The first kappa shape index (κ1) is 16.4. The average Bonchev–Trinajstić information content (AvgIpc) is 3.33. The Morgan fingerprint density at radius 3 is 2.73 bits per heavy atom. The minimum absolute atomic E-state index is 0.0696. The summed E-state index contributed by atoms with van der Waals surface area (Å²) in [6, 6.07) is 9.98. The second-order valence-electron chi connectivity index (χ2n) is 8.72. The van der Waals surface area contributed by atoms with Crippen molar-refractivity contribution < 1.29 is 0 Å². The molecule has 0 amide bonds. The van der Waals surface area contributed by atoms with Gasteiger partial charge >= 0.3 is 0 Å². The lowest BCUT2D eigenvalue weighted by molar-refractivity contribution is 0.315. The monoisotopic (exact) mass is 364 g/mol. The van der Waals surface area contributed by atoms with Crippen LogP contribution in [0.25, 0.3) is 15.8 Å². The number of rotatable bonds is 4. The van der Waals surface area contributed by atoms with Crippen molar-refractivity contribution in [2.24, 2.45) is 0 Å². The van der Waals surface area contributed by atoms with Gasteiger partial charge in [-0.05, 0) is 93.1 Å². The minimum atomic E-state index is 0.0696. The first-order chi connectivity index (χ1) is 12.6. The standard InChI is InChI=1S/C23H28N2S/c1-23(2)21(7-4-12-24-23)25-22(16-5-3-6-16)20-14-18-13-17(15-8-9-15)10-11-19(18)26-20/h4,10-15,21,24-25H,3,5-9H2,1-2H3. The third-order valence-electron chi connectivity index (χ3n) is 6.28. The highest BCUT2D eigenvalue weighted by Crippen LogP contribution is 2.43. The molecule has 5 rings (SSSR count). The molecule has 2 N–H and O–H groups in total. The maximum absolute atomic E-state index is 3.95. The van der Waals surface area contributed by atoms with E-state index < -0.39 is 0 Å². The topological polar surface area (TPSA) is 24.1 Å². The van der Waals surface area contributed by atoms with Crippen LogP contribution in [0.1, 0.15) is 68.7 Å². The van der Waals surface area contributed by atoms with Gasteiger partial charge in [0.1, 0.15) is 0 Å². The Balaban J connectivity index is 1.50. The van der Waals surface area contributed by atoms with Crippen LogP contribution in [0.3, 0.4) is 0 Å². The summed E-state index contributed by atoms with van der Waals surface area (Å²) in [6.07, 6.45) is 12.0. The highest BCUT2D eigenvalue weighted by Gasteiger charge is 2.32. The summed E-state index contributed by atoms with van der Waals surface area (Å²) in [5, 5.41) is 8.91. The van der Waals surface area contributed by atoms with E-state index in [0.29, 0.717) is 6.04 Å². The van der Waals surface area contributed by atoms with Gasteiger partial charge in [-0.1, -0.05) is 18.2 Å². The lowest BCUT2D eigenvalue weighted by atomic mass is 9.86. The summed E-state index contributed by atoms with van der Waals surface area (Å²) in [4.78, 5) is 1.42. The predicted molar refractivity (Wildman–Crippen MR) is 112 cm³/mol. The third kappa shape index (κ3) is 2.96. The van der Waals surface area contributed by atoms with Crippen molar-refractivity contribution in [2.45, 2.75) is 69.9 Å². The van der Waals surface area contributed by atoms with Crippen LogP contribution in [-0.2, 0) is 0 Å². The average molecular weight is 365 g/mol. The molecule has 2 fully saturated rings. The second-order valence-corrected chi connectivity index (χ2v) is 9.80. The van der Waals surface area contributed by atoms with Gasteiger partial charge in [-0.3, -0.25) is 0 Å². The van der Waals surface area contributed by atoms with E-state index in [9.17, 15) is 0 Å². The molecule has 1 unspecified atom stereocenters. The fourth-order valence-corrected chi connectivity index (χ4v) is 5.19. The zero-order chi connectivity index (χ0) is 17.7. The molecule has 0 spiro atoms. The molecule has 1 aliphatic heterocycles. The Bertz CT molecular complexity index is 892. The van der Waals surface area contributed by atoms with Gasteiger partial charge < -0.3 is 10.6 Å². The number of benzene rings is 1. The molecule has 0 saturated heterocycles. The van der Waals surface area contributed by atoms with Crippen LogP contribution in [-0.4, -0.2) is 11.6 Å². The molecule has 0 radical (unpaired) electrons. The smallest absolute Gasteiger partial charge is 0.0521 e. The van der Waals surface area contributed by atoms with Gasteiger partial charge in [0.25, 0.3) is 0 Å². The molecule has 2 saturated carbocycles. The summed E-state index contributed by atoms with van der Waals surface area (Å²) in [6.45, 7) is 4.59. The van der Waals surface area contributed by atoms with E-state index in [1.165, 1.54) is 58.3 Å². The lowest BCUT2D eigenvalue weighted by Crippen LogP contribution is -2.55. The molecule has 3 heteroatoms. The van der Waals surface area contributed by atoms with Crippen LogP contribution in [0, 0.1) is 0 Å². The van der Waals surface area contributed by atoms with Crippen molar-refractivity contribution in [3.8, 4) is 0 Å². The maximum Gasteiger partial charge on any atom is 0.0521 e. The van der Waals surface area contributed by atoms with E-state index in [-0.39, 0.29) is 5.54 Å². The molecule has 1 aromatic carbocycles. The van der Waals surface area contributed by atoms with Crippen molar-refractivity contribution in [1.82, 2.24) is 10.6 Å². The van der Waals surface area contributed by atoms with Crippen LogP contribution in [0.2, 0.25) is 0 Å². The molecular weight excluding hydrogens is 336 g/mol. The van der Waals surface area contributed by atoms with Gasteiger partial charge in [-0.2, -0.15) is 0 Å². The molecule has 1 atom stereocenters. The fraction of sp³-hybridized carbons (Fsp3) is 0.478. The molecule has 136 valence electrons. The van der Waals surface area contributed by atoms with Crippen LogP contribution in [0.15, 0.2) is 42.1 Å². The van der Waals surface area contributed by atoms with Crippen molar-refractivity contribution in [1.29, 1.82) is 0 Å². The van der Waals surface area contributed by atoms with Gasteiger partial charge in [-0.25, -0.2) is 0 Å². The van der Waals surface area contributed by atoms with E-state index in [0.717, 1.165) is 12.3 Å². The molecule has 0 bridgehead atoms. The minimum Gasteiger partial charge on any atom is -0.384 e. The summed E-state index contributed by atoms with van der Waals surface area (Å²) in [5.74, 6) is 0.825. The summed E-state index contributed by atoms with van der Waals surface area (Å²) in [5.41, 5.74) is 4.64. The van der Waals surface area contributed by atoms with Gasteiger partial charge in [0, 0.05) is 4.70 Å². The van der Waals surface area contributed by atoms with Gasteiger partial charge in [0.05, 0.1) is 22.2 Å². The number of hydrogen-bond donors (Lipinski definition) is 2. The van der Waals surface area contributed by atoms with Gasteiger partial charge in [-0.15, -0.1) is 11.3 Å². The zero-order valence-corrected chi connectivity index (χ0v) is 16.6. The summed E-state index contributed by atoms with van der Waals surface area (Å²) in [7, 11) is 0. The molecular formula is C23H28N2S. The molecule has 2 aliphatic carbocycles. The van der Waals surface area contributed by atoms with Crippen molar-refractivity contribution in [2.75, 3.05) is 0 Å². The lowest BCUT2D eigenvalue weighted by Gasteiger charge is -2.39. The van der Waals surface area contributed by atoms with Crippen LogP contribution >= 0.6 is 11.3 Å². The molecule has 2 nitrogen and oxygen atoms in total. The highest BCUT2D eigenvalue weighted by atomic mass is 32.1. The van der Waals surface area contributed by atoms with E-state index in [2.05, 4.69) is 61.0 Å². The molecule has 2 aromatic rings. The fourth-order valence-electron chi connectivity index (χ4n) is 4.09. The van der Waals surface area contributed by atoms with E-state index in [1.807, 2.05) is 11.3 Å². The van der Waals surface area contributed by atoms with Gasteiger partial charge in [0.15, 0.2) is 0 Å². The molecule has 1 aromatic heterocycles. The third-order valence-corrected chi connectivity index (χ3v) is 7.41. The van der Waals surface area contributed by atoms with Crippen molar-refractivity contribution in [3.63, 3.8) is 0 Å². The number of thiophene rings is 1. The summed E-state index contributed by atoms with van der Waals surface area (Å²) >= 11 is 1.95. The number of fused-ring (bicyclic) bond motifs is 1. The maximum atomic E-state index is 3.95. The normalized spacial score (nSPS) is 24.2. The zero-order valence-electron chi connectivity index (χ0n) is 15.8. The molecule has 3 aliphatic rings. The van der Waals surface area contributed by atoms with E-state index >= 15 is 0 Å². The van der Waals surface area contributed by atoms with Crippen LogP contribution in [0.5, 0.6) is 0 Å². The van der Waals surface area contributed by atoms with Crippen LogP contribution < -0.4 is 10.6 Å². The SMILES string of the molecule is CC1(C)NC=CCC1NC(=C1CCC1)c1cc2cc(C3CC3)ccc2s1. The van der Waals surface area contributed by atoms with Gasteiger partial charge in [0.2, 0.25) is 0 Å². The van der Waals surface area contributed by atoms with E-state index in [4.69, 9.17) is 0 Å². The quantitative estimate of drug-likeness (QED) is 0.704. The Hall–Kier alpha value is -1.74. The first-order valence-corrected chi connectivity index (χ1v) is 10.9. The van der Waals surface area contributed by atoms with Crippen molar-refractivity contribution in [3.05, 3.63) is 52.6 Å². The Morgan fingerprint density at radius 1 is 1.19 bits per heavy atom. The van der Waals surface area contributed by atoms with Crippen LogP contribution in [0.4, 0.5) is 0 Å². The number of hydrogen-bond acceptors (Lipinski definition) is 3. The molecule has 2 heterocycles. The number of nitrogens with one attached hydrogen (secondary N) is 2. The largest absolute Gasteiger partial charge is 0.384 e. The number of allylic oxidation sites excluding steroid dienone is 1. The van der Waals surface area contributed by atoms with Crippen molar-refractivity contribution >= 4 is 27.1 Å². The second kappa shape index (κ2) is 6.16. The Kier molecular flexibility index (Phi) is 3.89.